The van der Waals surface area contributed by atoms with Gasteiger partial charge < -0.3 is 18.9 Å². The molecule has 0 atom stereocenters. The van der Waals surface area contributed by atoms with Gasteiger partial charge in [0.1, 0.15) is 11.6 Å². The highest BCUT2D eigenvalue weighted by atomic mass is 19.1. The fourth-order valence-corrected chi connectivity index (χ4v) is 4.43. The highest BCUT2D eigenvalue weighted by Crippen LogP contribution is 2.30. The van der Waals surface area contributed by atoms with E-state index in [-0.39, 0.29) is 11.6 Å². The summed E-state index contributed by atoms with van der Waals surface area (Å²) in [4.78, 5) is 28.7. The van der Waals surface area contributed by atoms with Gasteiger partial charge in [-0.2, -0.15) is 0 Å². The number of carbonyl (C=O) groups excluding carboxylic acids is 2. The molecule has 1 saturated heterocycles. The van der Waals surface area contributed by atoms with Crippen LogP contribution in [0.4, 0.5) is 15.0 Å². The first-order valence-electron chi connectivity index (χ1n) is 13.0. The number of carbonyl (C=O) groups is 2. The van der Waals surface area contributed by atoms with E-state index in [1.807, 2.05) is 6.07 Å². The number of ketones is 1. The number of unbranched alkanes of at least 4 members (excludes halogenated alkanes) is 3. The van der Waals surface area contributed by atoms with E-state index >= 15 is 0 Å². The van der Waals surface area contributed by atoms with Crippen molar-refractivity contribution in [3.05, 3.63) is 53.8 Å². The first kappa shape index (κ1) is 26.6. The minimum absolute atomic E-state index is 0.0382. The summed E-state index contributed by atoms with van der Waals surface area (Å²) in [5, 5.41) is 5.12. The van der Waals surface area contributed by atoms with E-state index in [2.05, 4.69) is 21.9 Å². The summed E-state index contributed by atoms with van der Waals surface area (Å²) in [6.07, 6.45) is 4.59. The van der Waals surface area contributed by atoms with Crippen LogP contribution < -0.4 is 9.64 Å². The van der Waals surface area contributed by atoms with E-state index < -0.39 is 6.16 Å². The summed E-state index contributed by atoms with van der Waals surface area (Å²) in [5.41, 5.74) is 1.10. The summed E-state index contributed by atoms with van der Waals surface area (Å²) in [7, 11) is 0. The van der Waals surface area contributed by atoms with Gasteiger partial charge in [0.15, 0.2) is 17.2 Å². The van der Waals surface area contributed by atoms with Gasteiger partial charge in [-0.05, 0) is 55.8 Å². The summed E-state index contributed by atoms with van der Waals surface area (Å²) in [6.45, 7) is 6.59. The molecule has 1 aliphatic heterocycles. The van der Waals surface area contributed by atoms with Crippen LogP contribution >= 0.6 is 0 Å². The van der Waals surface area contributed by atoms with E-state index in [0.29, 0.717) is 29.9 Å². The molecule has 2 aromatic carbocycles. The highest BCUT2D eigenvalue weighted by molar-refractivity contribution is 5.96. The summed E-state index contributed by atoms with van der Waals surface area (Å²) in [5.74, 6) is 0.826. The molecule has 0 N–H and O–H groups in total. The molecule has 0 amide bonds. The number of Topliss-reactive ketones (excluding diaryl/α,β-unsaturated/α-hetero) is 1. The van der Waals surface area contributed by atoms with Gasteiger partial charge in [-0.1, -0.05) is 31.3 Å². The number of hydrogen-bond donors (Lipinski definition) is 0. The number of ether oxygens (including phenoxy) is 2. The first-order chi connectivity index (χ1) is 18.0. The second kappa shape index (κ2) is 13.2. The summed E-state index contributed by atoms with van der Waals surface area (Å²) < 4.78 is 29.0. The van der Waals surface area contributed by atoms with Crippen molar-refractivity contribution in [3.8, 4) is 5.75 Å². The minimum atomic E-state index is -0.717. The zero-order chi connectivity index (χ0) is 26.0. The third-order valence-electron chi connectivity index (χ3n) is 6.56. The molecular weight excluding hydrogens is 477 g/mol. The molecule has 0 saturated carbocycles. The van der Waals surface area contributed by atoms with Crippen LogP contribution in [0.15, 0.2) is 47.0 Å². The van der Waals surface area contributed by atoms with Crippen LogP contribution in [0, 0.1) is 5.82 Å². The van der Waals surface area contributed by atoms with Crippen molar-refractivity contribution in [1.29, 1.82) is 0 Å². The zero-order valence-corrected chi connectivity index (χ0v) is 21.3. The Morgan fingerprint density at radius 2 is 1.78 bits per heavy atom. The number of anilines is 1. The number of nitrogens with zero attached hydrogens (tertiary/aromatic N) is 3. The first-order valence-corrected chi connectivity index (χ1v) is 13.0. The highest BCUT2D eigenvalue weighted by Gasteiger charge is 2.22. The van der Waals surface area contributed by atoms with Crippen molar-refractivity contribution in [2.75, 3.05) is 44.2 Å². The smallest absolute Gasteiger partial charge is 0.434 e. The second-order valence-corrected chi connectivity index (χ2v) is 9.29. The maximum Gasteiger partial charge on any atom is 0.513 e. The van der Waals surface area contributed by atoms with E-state index in [9.17, 15) is 14.0 Å². The summed E-state index contributed by atoms with van der Waals surface area (Å²) in [6, 6.07) is 10.9. The number of aromatic nitrogens is 1. The standard InChI is InChI=1S/C28H34FN3O5/c1-2-3-4-5-19-35-28(34)36-23-12-13-24-26(20-23)37-30-27(24)32-17-15-31(16-18-32)14-6-7-25(33)21-8-10-22(29)11-9-21/h8-13,20H,2-7,14-19H2,1H3. The van der Waals surface area contributed by atoms with Crippen molar-refractivity contribution in [3.63, 3.8) is 0 Å². The zero-order valence-electron chi connectivity index (χ0n) is 21.3. The number of fused-ring (bicyclic) bond motifs is 1. The maximum absolute atomic E-state index is 13.0. The molecule has 0 unspecified atom stereocenters. The van der Waals surface area contributed by atoms with Crippen LogP contribution in [0.1, 0.15) is 55.8 Å². The molecule has 1 aliphatic rings. The molecule has 3 aromatic rings. The Kier molecular flexibility index (Phi) is 9.48. The second-order valence-electron chi connectivity index (χ2n) is 9.29. The molecular formula is C28H34FN3O5. The van der Waals surface area contributed by atoms with E-state index in [1.54, 1.807) is 12.1 Å². The lowest BCUT2D eigenvalue weighted by atomic mass is 10.1. The molecule has 0 bridgehead atoms. The Bertz CT molecular complexity index is 1170. The number of benzene rings is 2. The van der Waals surface area contributed by atoms with Crippen molar-refractivity contribution >= 4 is 28.7 Å². The van der Waals surface area contributed by atoms with Gasteiger partial charge in [-0.15, -0.1) is 0 Å². The average Bonchev–Trinajstić information content (AvgIpc) is 3.32. The Hall–Kier alpha value is -3.46. The molecule has 37 heavy (non-hydrogen) atoms. The molecule has 1 fully saturated rings. The van der Waals surface area contributed by atoms with E-state index in [1.165, 1.54) is 24.3 Å². The molecule has 8 nitrogen and oxygen atoms in total. The lowest BCUT2D eigenvalue weighted by Crippen LogP contribution is -2.46. The lowest BCUT2D eigenvalue weighted by Gasteiger charge is -2.34. The Labute approximate surface area is 216 Å². The lowest BCUT2D eigenvalue weighted by molar-refractivity contribution is 0.0964. The molecule has 0 spiro atoms. The predicted octanol–water partition coefficient (Wildman–Crippen LogP) is 5.85. The number of rotatable bonds is 12. The molecule has 198 valence electrons. The van der Waals surface area contributed by atoms with E-state index in [0.717, 1.165) is 76.0 Å². The third-order valence-corrected chi connectivity index (χ3v) is 6.56. The fraction of sp³-hybridized carbons (Fsp3) is 0.464. The number of piperazine rings is 1. The monoisotopic (exact) mass is 511 g/mol. The molecule has 4 rings (SSSR count). The molecule has 0 radical (unpaired) electrons. The summed E-state index contributed by atoms with van der Waals surface area (Å²) >= 11 is 0. The van der Waals surface area contributed by atoms with Crippen LogP contribution in [0.5, 0.6) is 5.75 Å². The average molecular weight is 512 g/mol. The third kappa shape index (κ3) is 7.52. The van der Waals surface area contributed by atoms with Crippen LogP contribution in [0.25, 0.3) is 11.0 Å². The van der Waals surface area contributed by atoms with Crippen LogP contribution in [-0.2, 0) is 4.74 Å². The van der Waals surface area contributed by atoms with Crippen LogP contribution in [-0.4, -0.2) is 61.3 Å². The van der Waals surface area contributed by atoms with Crippen molar-refractivity contribution < 1.29 is 28.0 Å². The normalized spacial score (nSPS) is 14.2. The van der Waals surface area contributed by atoms with Gasteiger partial charge in [-0.25, -0.2) is 9.18 Å². The van der Waals surface area contributed by atoms with Crippen LogP contribution in [0.2, 0.25) is 0 Å². The fourth-order valence-electron chi connectivity index (χ4n) is 4.43. The van der Waals surface area contributed by atoms with Gasteiger partial charge in [-0.3, -0.25) is 9.69 Å². The predicted molar refractivity (Wildman–Crippen MR) is 139 cm³/mol. The largest absolute Gasteiger partial charge is 0.513 e. The molecule has 2 heterocycles. The SMILES string of the molecule is CCCCCCOC(=O)Oc1ccc2c(N3CCN(CCCC(=O)c4ccc(F)cc4)CC3)noc2c1. The van der Waals surface area contributed by atoms with Gasteiger partial charge in [0, 0.05) is 44.2 Å². The topological polar surface area (TPSA) is 85.1 Å². The number of hydrogen-bond acceptors (Lipinski definition) is 8. The molecule has 0 aliphatic carbocycles. The van der Waals surface area contributed by atoms with E-state index in [4.69, 9.17) is 14.0 Å². The van der Waals surface area contributed by atoms with Gasteiger partial charge in [0.05, 0.1) is 12.0 Å². The Balaban J connectivity index is 1.21. The maximum atomic E-state index is 13.0. The Morgan fingerprint density at radius 1 is 1.00 bits per heavy atom. The van der Waals surface area contributed by atoms with Gasteiger partial charge in [0.2, 0.25) is 0 Å². The quantitative estimate of drug-likeness (QED) is 0.130. The van der Waals surface area contributed by atoms with Gasteiger partial charge >= 0.3 is 6.16 Å². The molecule has 9 heteroatoms. The minimum Gasteiger partial charge on any atom is -0.434 e. The molecule has 1 aromatic heterocycles. The van der Waals surface area contributed by atoms with Crippen molar-refractivity contribution in [1.82, 2.24) is 10.1 Å². The number of halogens is 1. The van der Waals surface area contributed by atoms with Crippen molar-refractivity contribution in [2.24, 2.45) is 0 Å². The van der Waals surface area contributed by atoms with Crippen LogP contribution in [0.3, 0.4) is 0 Å². The van der Waals surface area contributed by atoms with Crippen molar-refractivity contribution in [2.45, 2.75) is 45.4 Å². The van der Waals surface area contributed by atoms with Gasteiger partial charge in [0.25, 0.3) is 0 Å². The Morgan fingerprint density at radius 3 is 2.54 bits per heavy atom.